The van der Waals surface area contributed by atoms with Crippen molar-refractivity contribution in [3.8, 4) is 0 Å². The maximum Gasteiger partial charge on any atom is 0.191 e. The number of aldehydes is 1. The lowest BCUT2D eigenvalue weighted by Gasteiger charge is -2.47. The second-order valence-corrected chi connectivity index (χ2v) is 16.1. The maximum absolute atomic E-state index is 12.0. The van der Waals surface area contributed by atoms with Crippen LogP contribution in [0.2, 0.25) is 18.1 Å². The molecule has 0 unspecified atom stereocenters. The van der Waals surface area contributed by atoms with Crippen molar-refractivity contribution in [2.45, 2.75) is 91.1 Å². The van der Waals surface area contributed by atoms with Crippen molar-refractivity contribution in [2.75, 3.05) is 6.61 Å². The topological polar surface area (TPSA) is 35.5 Å². The Kier molecular flexibility index (Phi) is 7.57. The van der Waals surface area contributed by atoms with Gasteiger partial charge in [-0.05, 0) is 68.6 Å². The Bertz CT molecular complexity index is 662. The predicted octanol–water partition coefficient (Wildman–Crippen LogP) is 6.63. The van der Waals surface area contributed by atoms with Crippen LogP contribution in [-0.4, -0.2) is 26.8 Å². The Morgan fingerprint density at radius 2 is 1.76 bits per heavy atom. The van der Waals surface area contributed by atoms with Crippen LogP contribution in [0.5, 0.6) is 0 Å². The molecular formula is C25H42O3Si. The third kappa shape index (κ3) is 6.02. The fraction of sp³-hybridized carbons (Fsp3) is 0.720. The summed E-state index contributed by atoms with van der Waals surface area (Å²) in [6.45, 7) is 19.2. The second kappa shape index (κ2) is 9.03. The molecule has 0 aromatic heterocycles. The first-order valence-electron chi connectivity index (χ1n) is 11.1. The zero-order valence-electron chi connectivity index (χ0n) is 19.9. The highest BCUT2D eigenvalue weighted by molar-refractivity contribution is 6.74. The molecule has 1 fully saturated rings. The van der Waals surface area contributed by atoms with Gasteiger partial charge in [0.1, 0.15) is 6.29 Å². The van der Waals surface area contributed by atoms with Crippen molar-refractivity contribution < 1.29 is 14.0 Å². The van der Waals surface area contributed by atoms with Gasteiger partial charge in [0.2, 0.25) is 0 Å². The quantitative estimate of drug-likeness (QED) is 0.351. The minimum absolute atomic E-state index is 0.177. The number of ether oxygens (including phenoxy) is 1. The number of carbonyl (C=O) groups is 1. The number of carbonyl (C=O) groups excluding carboxylic acids is 1. The van der Waals surface area contributed by atoms with Crippen molar-refractivity contribution >= 4 is 14.6 Å². The fourth-order valence-electron chi connectivity index (χ4n) is 3.95. The minimum Gasteiger partial charge on any atom is -0.417 e. The van der Waals surface area contributed by atoms with Gasteiger partial charge in [-0.15, -0.1) is 0 Å². The lowest BCUT2D eigenvalue weighted by Crippen LogP contribution is -2.48. The zero-order valence-corrected chi connectivity index (χ0v) is 20.9. The molecule has 1 aromatic rings. The van der Waals surface area contributed by atoms with E-state index in [0.717, 1.165) is 19.3 Å². The molecule has 0 spiro atoms. The highest BCUT2D eigenvalue weighted by atomic mass is 28.4. The van der Waals surface area contributed by atoms with Gasteiger partial charge in [0.25, 0.3) is 0 Å². The Balaban J connectivity index is 2.07. The van der Waals surface area contributed by atoms with Crippen molar-refractivity contribution in [1.29, 1.82) is 0 Å². The minimum atomic E-state index is -1.84. The molecule has 2 rings (SSSR count). The van der Waals surface area contributed by atoms with Crippen molar-refractivity contribution in [1.82, 2.24) is 0 Å². The highest BCUT2D eigenvalue weighted by Gasteiger charge is 2.46. The van der Waals surface area contributed by atoms with E-state index in [1.54, 1.807) is 0 Å². The summed E-state index contributed by atoms with van der Waals surface area (Å²) in [5, 5.41) is 0.177. The van der Waals surface area contributed by atoms with E-state index in [-0.39, 0.29) is 22.0 Å². The molecule has 0 heterocycles. The first kappa shape index (κ1) is 24.3. The number of hydrogen-bond donors (Lipinski definition) is 0. The van der Waals surface area contributed by atoms with Crippen molar-refractivity contribution in [3.63, 3.8) is 0 Å². The first-order chi connectivity index (χ1) is 13.3. The van der Waals surface area contributed by atoms with Crippen LogP contribution in [0.3, 0.4) is 0 Å². The number of hydrogen-bond acceptors (Lipinski definition) is 3. The molecule has 0 bridgehead atoms. The Morgan fingerprint density at radius 3 is 2.31 bits per heavy atom. The lowest BCUT2D eigenvalue weighted by molar-refractivity contribution is -0.130. The summed E-state index contributed by atoms with van der Waals surface area (Å²) in [4.78, 5) is 12.0. The van der Waals surface area contributed by atoms with E-state index in [1.165, 1.54) is 11.8 Å². The molecule has 1 aliphatic rings. The highest BCUT2D eigenvalue weighted by Crippen LogP contribution is 2.47. The molecule has 0 amide bonds. The van der Waals surface area contributed by atoms with Gasteiger partial charge in [0.15, 0.2) is 8.32 Å². The number of rotatable bonds is 8. The largest absolute Gasteiger partial charge is 0.417 e. The molecule has 0 N–H and O–H groups in total. The fourth-order valence-corrected chi connectivity index (χ4v) is 5.00. The van der Waals surface area contributed by atoms with Crippen LogP contribution in [0.15, 0.2) is 30.3 Å². The van der Waals surface area contributed by atoms with Gasteiger partial charge in [0.05, 0.1) is 12.2 Å². The molecule has 1 aromatic carbocycles. The summed E-state index contributed by atoms with van der Waals surface area (Å²) in [7, 11) is -1.84. The second-order valence-electron chi connectivity index (χ2n) is 11.2. The maximum atomic E-state index is 12.0. The zero-order chi connectivity index (χ0) is 21.9. The SMILES string of the molecule is CC(C)(OCc1ccccc1)[C@H]1CC[C@](C)(C=O)[C@@H](CO[Si](C)(C)C(C)(C)C)C1. The summed E-state index contributed by atoms with van der Waals surface area (Å²) >= 11 is 0. The molecule has 0 radical (unpaired) electrons. The molecule has 29 heavy (non-hydrogen) atoms. The third-order valence-corrected chi connectivity index (χ3v) is 12.2. The molecule has 3 nitrogen and oxygen atoms in total. The third-order valence-electron chi connectivity index (χ3n) is 7.69. The van der Waals surface area contributed by atoms with Gasteiger partial charge in [0, 0.05) is 12.0 Å². The van der Waals surface area contributed by atoms with Crippen LogP contribution in [0, 0.1) is 17.3 Å². The first-order valence-corrected chi connectivity index (χ1v) is 14.0. The van der Waals surface area contributed by atoms with Crippen molar-refractivity contribution in [2.24, 2.45) is 17.3 Å². The Labute approximate surface area is 179 Å². The summed E-state index contributed by atoms with van der Waals surface area (Å²) in [6, 6.07) is 10.3. The van der Waals surface area contributed by atoms with Crippen LogP contribution in [0.1, 0.15) is 66.4 Å². The summed E-state index contributed by atoms with van der Waals surface area (Å²) in [6.07, 6.45) is 4.09. The van der Waals surface area contributed by atoms with Gasteiger partial charge in [-0.25, -0.2) is 0 Å². The molecule has 1 aliphatic carbocycles. The van der Waals surface area contributed by atoms with E-state index >= 15 is 0 Å². The molecule has 3 atom stereocenters. The van der Waals surface area contributed by atoms with Crippen LogP contribution in [-0.2, 0) is 20.6 Å². The molecule has 4 heteroatoms. The van der Waals surface area contributed by atoms with Crippen LogP contribution in [0.25, 0.3) is 0 Å². The average Bonchev–Trinajstić information content (AvgIpc) is 2.65. The van der Waals surface area contributed by atoms with Gasteiger partial charge >= 0.3 is 0 Å². The van der Waals surface area contributed by atoms with Crippen LogP contribution < -0.4 is 0 Å². The van der Waals surface area contributed by atoms with Crippen molar-refractivity contribution in [3.05, 3.63) is 35.9 Å². The molecule has 0 aliphatic heterocycles. The van der Waals surface area contributed by atoms with Gasteiger partial charge in [-0.3, -0.25) is 0 Å². The van der Waals surface area contributed by atoms with E-state index in [2.05, 4.69) is 78.9 Å². The molecule has 164 valence electrons. The smallest absolute Gasteiger partial charge is 0.191 e. The van der Waals surface area contributed by atoms with Gasteiger partial charge in [-0.1, -0.05) is 58.0 Å². The Morgan fingerprint density at radius 1 is 1.14 bits per heavy atom. The normalized spacial score (nSPS) is 26.3. The van der Waals surface area contributed by atoms with E-state index < -0.39 is 8.32 Å². The van der Waals surface area contributed by atoms with Crippen LogP contribution in [0.4, 0.5) is 0 Å². The summed E-state index contributed by atoms with van der Waals surface area (Å²) in [5.41, 5.74) is 0.677. The average molecular weight is 419 g/mol. The van der Waals surface area contributed by atoms with Gasteiger partial charge in [-0.2, -0.15) is 0 Å². The Hall–Kier alpha value is -0.973. The van der Waals surface area contributed by atoms with E-state index in [9.17, 15) is 4.79 Å². The number of benzene rings is 1. The molecular weight excluding hydrogens is 376 g/mol. The molecule has 1 saturated carbocycles. The predicted molar refractivity (Wildman–Crippen MR) is 123 cm³/mol. The van der Waals surface area contributed by atoms with E-state index in [4.69, 9.17) is 9.16 Å². The summed E-state index contributed by atoms with van der Waals surface area (Å²) < 4.78 is 12.9. The van der Waals surface area contributed by atoms with E-state index in [1.807, 2.05) is 6.07 Å². The monoisotopic (exact) mass is 418 g/mol. The van der Waals surface area contributed by atoms with E-state index in [0.29, 0.717) is 19.1 Å². The van der Waals surface area contributed by atoms with Gasteiger partial charge < -0.3 is 14.0 Å². The van der Waals surface area contributed by atoms with Crippen LogP contribution >= 0.6 is 0 Å². The lowest BCUT2D eigenvalue weighted by atomic mass is 9.62. The molecule has 0 saturated heterocycles. The standard InChI is InChI=1S/C25H42O3Si/c1-23(2,3)29(7,8)28-18-22-16-21(14-15-25(22,6)19-26)24(4,5)27-17-20-12-10-9-11-13-20/h9-13,19,21-22H,14-18H2,1-8H3/t21-,22+,25+/m0/s1. The summed E-state index contributed by atoms with van der Waals surface area (Å²) in [5.74, 6) is 0.666.